The van der Waals surface area contributed by atoms with Crippen LogP contribution in [0.4, 0.5) is 0 Å². The number of benzene rings is 3. The fourth-order valence-corrected chi connectivity index (χ4v) is 5.13. The molecule has 1 N–H and O–H groups in total. The van der Waals surface area contributed by atoms with Crippen LogP contribution >= 0.6 is 0 Å². The molecule has 0 aliphatic rings. The molecule has 1 atom stereocenters. The normalized spacial score (nSPS) is 12.9. The van der Waals surface area contributed by atoms with Crippen molar-refractivity contribution in [3.05, 3.63) is 59.2 Å². The van der Waals surface area contributed by atoms with E-state index in [4.69, 9.17) is 0 Å². The number of hydrogen-bond donors (Lipinski definition) is 1. The zero-order valence-corrected chi connectivity index (χ0v) is 22.4. The first-order valence-corrected chi connectivity index (χ1v) is 13.8. The van der Waals surface area contributed by atoms with Crippen LogP contribution < -0.4 is 0 Å². The lowest BCUT2D eigenvalue weighted by Crippen LogP contribution is -2.31. The van der Waals surface area contributed by atoms with Gasteiger partial charge in [-0.15, -0.1) is 0 Å². The summed E-state index contributed by atoms with van der Waals surface area (Å²) in [6, 6.07) is 15.8. The van der Waals surface area contributed by atoms with Crippen LogP contribution in [0.5, 0.6) is 0 Å². The quantitative estimate of drug-likeness (QED) is 0.191. The van der Waals surface area contributed by atoms with Crippen LogP contribution in [0.1, 0.15) is 108 Å². The first kappa shape index (κ1) is 26.7. The van der Waals surface area contributed by atoms with E-state index in [1.165, 1.54) is 84.0 Å². The number of hydrogen-bond acceptors (Lipinski definition) is 2. The molecule has 0 amide bonds. The molecule has 2 heteroatoms. The number of aliphatic hydroxyl groups excluding tert-OH is 1. The Morgan fingerprint density at radius 3 is 1.97 bits per heavy atom. The topological polar surface area (TPSA) is 23.5 Å². The maximum absolute atomic E-state index is 11.3. The molecule has 0 heterocycles. The standard InChI is InChI=1S/C32H47NO/c1-6-8-10-12-18-33(19-13-11-9-7-2)23-32(34)28-20-25(5)29-16-15-27-21-26(24(3)4)14-17-30(27)31(29)22-28/h14-17,20-22,24,32,34H,6-13,18-19,23H2,1-5H3. The van der Waals surface area contributed by atoms with Gasteiger partial charge in [0.05, 0.1) is 6.10 Å². The van der Waals surface area contributed by atoms with Crippen LogP contribution in [0.15, 0.2) is 42.5 Å². The van der Waals surface area contributed by atoms with Gasteiger partial charge in [-0.1, -0.05) is 103 Å². The number of aliphatic hydroxyl groups is 1. The number of fused-ring (bicyclic) bond motifs is 3. The van der Waals surface area contributed by atoms with Crippen LogP contribution in [-0.4, -0.2) is 29.6 Å². The summed E-state index contributed by atoms with van der Waals surface area (Å²) in [5, 5.41) is 16.5. The van der Waals surface area contributed by atoms with E-state index in [2.05, 4.69) is 82.0 Å². The van der Waals surface area contributed by atoms with Gasteiger partial charge in [0.25, 0.3) is 0 Å². The summed E-state index contributed by atoms with van der Waals surface area (Å²) < 4.78 is 0. The molecule has 34 heavy (non-hydrogen) atoms. The van der Waals surface area contributed by atoms with Gasteiger partial charge < -0.3 is 10.0 Å². The van der Waals surface area contributed by atoms with Gasteiger partial charge in [0.1, 0.15) is 0 Å². The van der Waals surface area contributed by atoms with E-state index in [0.717, 1.165) is 25.2 Å². The fraction of sp³-hybridized carbons (Fsp3) is 0.562. The van der Waals surface area contributed by atoms with Crippen LogP contribution in [0.2, 0.25) is 0 Å². The van der Waals surface area contributed by atoms with Crippen molar-refractivity contribution in [2.24, 2.45) is 0 Å². The summed E-state index contributed by atoms with van der Waals surface area (Å²) in [7, 11) is 0. The average molecular weight is 462 g/mol. The van der Waals surface area contributed by atoms with Crippen molar-refractivity contribution in [1.82, 2.24) is 4.90 Å². The highest BCUT2D eigenvalue weighted by Crippen LogP contribution is 2.32. The SMILES string of the molecule is CCCCCCN(CCCCCC)CC(O)c1cc(C)c2ccc3cc(C(C)C)ccc3c2c1. The minimum absolute atomic E-state index is 0.453. The number of rotatable bonds is 14. The van der Waals surface area contributed by atoms with Crippen LogP contribution in [0, 0.1) is 6.92 Å². The Morgan fingerprint density at radius 2 is 1.35 bits per heavy atom. The molecule has 0 bridgehead atoms. The smallest absolute Gasteiger partial charge is 0.0917 e. The predicted molar refractivity (Wildman–Crippen MR) is 150 cm³/mol. The zero-order valence-electron chi connectivity index (χ0n) is 22.4. The van der Waals surface area contributed by atoms with Gasteiger partial charge in [-0.25, -0.2) is 0 Å². The van der Waals surface area contributed by atoms with E-state index in [0.29, 0.717) is 5.92 Å². The van der Waals surface area contributed by atoms with Gasteiger partial charge in [-0.05, 0) is 83.1 Å². The Morgan fingerprint density at radius 1 is 0.706 bits per heavy atom. The van der Waals surface area contributed by atoms with Crippen molar-refractivity contribution in [2.45, 2.75) is 98.0 Å². The molecule has 3 aromatic rings. The van der Waals surface area contributed by atoms with Crippen molar-refractivity contribution < 1.29 is 5.11 Å². The van der Waals surface area contributed by atoms with E-state index in [9.17, 15) is 5.11 Å². The third kappa shape index (κ3) is 7.06. The molecule has 2 nitrogen and oxygen atoms in total. The first-order chi connectivity index (χ1) is 16.4. The molecule has 186 valence electrons. The van der Waals surface area contributed by atoms with Crippen molar-refractivity contribution in [2.75, 3.05) is 19.6 Å². The molecule has 0 aromatic heterocycles. The molecule has 0 saturated carbocycles. The molecular formula is C32H47NO. The minimum Gasteiger partial charge on any atom is -0.387 e. The second-order valence-electron chi connectivity index (χ2n) is 10.6. The second kappa shape index (κ2) is 13.3. The van der Waals surface area contributed by atoms with Crippen LogP contribution in [0.3, 0.4) is 0 Å². The van der Waals surface area contributed by atoms with E-state index in [1.54, 1.807) is 0 Å². The Hall–Kier alpha value is -1.90. The summed E-state index contributed by atoms with van der Waals surface area (Å²) in [6.07, 6.45) is 9.73. The van der Waals surface area contributed by atoms with E-state index in [1.807, 2.05) is 0 Å². The van der Waals surface area contributed by atoms with Crippen LogP contribution in [0.25, 0.3) is 21.5 Å². The molecule has 0 aliphatic heterocycles. The summed E-state index contributed by atoms with van der Waals surface area (Å²) in [5.41, 5.74) is 3.68. The summed E-state index contributed by atoms with van der Waals surface area (Å²) in [6.45, 7) is 14.1. The van der Waals surface area contributed by atoms with E-state index >= 15 is 0 Å². The van der Waals surface area contributed by atoms with Gasteiger partial charge in [-0.3, -0.25) is 0 Å². The average Bonchev–Trinajstić information content (AvgIpc) is 2.83. The zero-order chi connectivity index (χ0) is 24.5. The van der Waals surface area contributed by atoms with Gasteiger partial charge >= 0.3 is 0 Å². The lowest BCUT2D eigenvalue weighted by atomic mass is 9.92. The highest BCUT2D eigenvalue weighted by atomic mass is 16.3. The summed E-state index contributed by atoms with van der Waals surface area (Å²) in [5.74, 6) is 0.524. The third-order valence-electron chi connectivity index (χ3n) is 7.34. The van der Waals surface area contributed by atoms with E-state index < -0.39 is 6.10 Å². The maximum Gasteiger partial charge on any atom is 0.0917 e. The Bertz CT molecular complexity index is 1030. The summed E-state index contributed by atoms with van der Waals surface area (Å²) >= 11 is 0. The Balaban J connectivity index is 1.83. The second-order valence-corrected chi connectivity index (χ2v) is 10.6. The molecule has 0 radical (unpaired) electrons. The lowest BCUT2D eigenvalue weighted by Gasteiger charge is -2.26. The van der Waals surface area contributed by atoms with Crippen molar-refractivity contribution >= 4 is 21.5 Å². The number of aryl methyl sites for hydroxylation is 1. The lowest BCUT2D eigenvalue weighted by molar-refractivity contribution is 0.110. The monoisotopic (exact) mass is 461 g/mol. The third-order valence-corrected chi connectivity index (χ3v) is 7.34. The van der Waals surface area contributed by atoms with Gasteiger partial charge in [0.2, 0.25) is 0 Å². The molecule has 1 unspecified atom stereocenters. The highest BCUT2D eigenvalue weighted by molar-refractivity contribution is 6.08. The Kier molecular flexibility index (Phi) is 10.4. The van der Waals surface area contributed by atoms with Gasteiger partial charge in [0, 0.05) is 6.54 Å². The molecular weight excluding hydrogens is 414 g/mol. The summed E-state index contributed by atoms with van der Waals surface area (Å²) in [4.78, 5) is 2.51. The largest absolute Gasteiger partial charge is 0.387 e. The van der Waals surface area contributed by atoms with E-state index in [-0.39, 0.29) is 0 Å². The predicted octanol–water partition coefficient (Wildman–Crippen LogP) is 8.92. The number of nitrogens with zero attached hydrogens (tertiary/aromatic N) is 1. The Labute approximate surface area is 208 Å². The molecule has 3 aromatic carbocycles. The van der Waals surface area contributed by atoms with Gasteiger partial charge in [-0.2, -0.15) is 0 Å². The van der Waals surface area contributed by atoms with Crippen molar-refractivity contribution in [3.63, 3.8) is 0 Å². The van der Waals surface area contributed by atoms with Crippen LogP contribution in [-0.2, 0) is 0 Å². The highest BCUT2D eigenvalue weighted by Gasteiger charge is 2.16. The van der Waals surface area contributed by atoms with Crippen molar-refractivity contribution in [3.8, 4) is 0 Å². The molecule has 3 rings (SSSR count). The van der Waals surface area contributed by atoms with Gasteiger partial charge in [0.15, 0.2) is 0 Å². The molecule has 0 aliphatic carbocycles. The first-order valence-electron chi connectivity index (χ1n) is 13.8. The molecule has 0 saturated heterocycles. The fourth-order valence-electron chi connectivity index (χ4n) is 5.13. The van der Waals surface area contributed by atoms with Crippen molar-refractivity contribution in [1.29, 1.82) is 0 Å². The minimum atomic E-state index is -0.453. The molecule has 0 fully saturated rings. The molecule has 0 spiro atoms. The maximum atomic E-state index is 11.3. The number of unbranched alkanes of at least 4 members (excludes halogenated alkanes) is 6.